The number of allylic oxidation sites excluding steroid dienone is 2. The molecule has 0 spiro atoms. The van der Waals surface area contributed by atoms with Crippen molar-refractivity contribution in [2.45, 2.75) is 25.9 Å². The minimum atomic E-state index is -0.0999. The van der Waals surface area contributed by atoms with Crippen LogP contribution in [-0.4, -0.2) is 62.1 Å². The van der Waals surface area contributed by atoms with E-state index in [1.54, 1.807) is 19.2 Å². The van der Waals surface area contributed by atoms with E-state index in [2.05, 4.69) is 41.3 Å². The first-order chi connectivity index (χ1) is 17.2. The number of morpholine rings is 1. The van der Waals surface area contributed by atoms with E-state index in [0.717, 1.165) is 62.5 Å². The summed E-state index contributed by atoms with van der Waals surface area (Å²) in [5.41, 5.74) is 4.23. The zero-order valence-electron chi connectivity index (χ0n) is 20.5. The van der Waals surface area contributed by atoms with Gasteiger partial charge in [-0.25, -0.2) is 5.01 Å². The third-order valence-corrected chi connectivity index (χ3v) is 7.10. The van der Waals surface area contributed by atoms with Crippen molar-refractivity contribution in [3.8, 4) is 11.5 Å². The molecular weight excluding hydrogens is 442 g/mol. The second-order valence-electron chi connectivity index (χ2n) is 9.32. The van der Waals surface area contributed by atoms with Crippen LogP contribution in [0.2, 0.25) is 0 Å². The molecule has 2 aliphatic heterocycles. The molecule has 184 valence electrons. The van der Waals surface area contributed by atoms with E-state index >= 15 is 0 Å². The second-order valence-corrected chi connectivity index (χ2v) is 9.32. The van der Waals surface area contributed by atoms with Gasteiger partial charge >= 0.3 is 0 Å². The van der Waals surface area contributed by atoms with Crippen molar-refractivity contribution >= 4 is 11.6 Å². The van der Waals surface area contributed by atoms with Crippen LogP contribution in [0.1, 0.15) is 29.5 Å². The Morgan fingerprint density at radius 2 is 1.63 bits per heavy atom. The van der Waals surface area contributed by atoms with Gasteiger partial charge < -0.3 is 14.2 Å². The molecule has 3 aliphatic rings. The SMILES string of the molecule is COc1ccc(C2=NN(Cc3cccc(CN4CCOCC4)c3)C(=O)C3CC=CCC23)cc1OC. The maximum absolute atomic E-state index is 13.5. The summed E-state index contributed by atoms with van der Waals surface area (Å²) in [6.07, 6.45) is 5.84. The Labute approximate surface area is 207 Å². The molecule has 7 nitrogen and oxygen atoms in total. The Morgan fingerprint density at radius 1 is 0.914 bits per heavy atom. The topological polar surface area (TPSA) is 63.6 Å². The van der Waals surface area contributed by atoms with E-state index in [1.165, 1.54) is 5.56 Å². The molecule has 0 saturated carbocycles. The number of carbonyl (C=O) groups is 1. The van der Waals surface area contributed by atoms with Gasteiger partial charge in [-0.1, -0.05) is 36.4 Å². The van der Waals surface area contributed by atoms with Crippen LogP contribution in [0.3, 0.4) is 0 Å². The molecule has 0 bridgehead atoms. The summed E-state index contributed by atoms with van der Waals surface area (Å²) in [4.78, 5) is 15.9. The van der Waals surface area contributed by atoms with Crippen LogP contribution in [0, 0.1) is 11.8 Å². The quantitative estimate of drug-likeness (QED) is 0.569. The Bertz CT molecular complexity index is 1120. The average Bonchev–Trinajstić information content (AvgIpc) is 2.91. The van der Waals surface area contributed by atoms with E-state index in [1.807, 2.05) is 18.2 Å². The van der Waals surface area contributed by atoms with Gasteiger partial charge in [-0.3, -0.25) is 9.69 Å². The van der Waals surface area contributed by atoms with Gasteiger partial charge in [-0.2, -0.15) is 5.10 Å². The number of hydrogen-bond acceptors (Lipinski definition) is 6. The molecule has 7 heteroatoms. The van der Waals surface area contributed by atoms with Crippen LogP contribution in [-0.2, 0) is 22.6 Å². The highest BCUT2D eigenvalue weighted by Crippen LogP contribution is 2.37. The molecule has 1 saturated heterocycles. The van der Waals surface area contributed by atoms with Gasteiger partial charge in [-0.15, -0.1) is 0 Å². The molecule has 0 radical (unpaired) electrons. The lowest BCUT2D eigenvalue weighted by Gasteiger charge is -2.37. The summed E-state index contributed by atoms with van der Waals surface area (Å²) < 4.78 is 16.4. The molecule has 0 N–H and O–H groups in total. The van der Waals surface area contributed by atoms with E-state index in [-0.39, 0.29) is 17.7 Å². The average molecular weight is 476 g/mol. The number of amides is 1. The largest absolute Gasteiger partial charge is 0.493 e. The highest BCUT2D eigenvalue weighted by molar-refractivity contribution is 6.07. The third-order valence-electron chi connectivity index (χ3n) is 7.10. The van der Waals surface area contributed by atoms with E-state index in [4.69, 9.17) is 19.3 Å². The first kappa shape index (κ1) is 23.6. The number of hydrazone groups is 1. The molecule has 2 aromatic rings. The highest BCUT2D eigenvalue weighted by Gasteiger charge is 2.40. The predicted molar refractivity (Wildman–Crippen MR) is 135 cm³/mol. The van der Waals surface area contributed by atoms with Crippen molar-refractivity contribution in [2.75, 3.05) is 40.5 Å². The van der Waals surface area contributed by atoms with Gasteiger partial charge in [-0.05, 0) is 42.2 Å². The van der Waals surface area contributed by atoms with Crippen LogP contribution in [0.25, 0.3) is 0 Å². The predicted octanol–water partition coefficient (Wildman–Crippen LogP) is 3.86. The monoisotopic (exact) mass is 475 g/mol. The summed E-state index contributed by atoms with van der Waals surface area (Å²) in [5, 5.41) is 6.60. The molecule has 2 atom stereocenters. The molecule has 35 heavy (non-hydrogen) atoms. The Kier molecular flexibility index (Phi) is 7.16. The van der Waals surface area contributed by atoms with Gasteiger partial charge in [0.2, 0.25) is 5.91 Å². The molecule has 1 amide bonds. The lowest BCUT2D eigenvalue weighted by molar-refractivity contribution is -0.138. The van der Waals surface area contributed by atoms with Crippen LogP contribution in [0.15, 0.2) is 59.7 Å². The molecule has 2 aromatic carbocycles. The minimum absolute atomic E-state index is 0.0644. The van der Waals surface area contributed by atoms with Crippen LogP contribution >= 0.6 is 0 Å². The number of carbonyl (C=O) groups excluding carboxylic acids is 1. The standard InChI is InChI=1S/C28H33N3O4/c1-33-25-11-10-22(17-26(25)34-2)27-23-8-3-4-9-24(23)28(32)31(29-27)19-21-7-5-6-20(16-21)18-30-12-14-35-15-13-30/h3-7,10-11,16-17,23-24H,8-9,12-15,18-19H2,1-2H3. The number of fused-ring (bicyclic) bond motifs is 1. The fraction of sp³-hybridized carbons (Fsp3) is 0.429. The number of benzene rings is 2. The second kappa shape index (κ2) is 10.6. The van der Waals surface area contributed by atoms with Crippen molar-refractivity contribution in [3.05, 3.63) is 71.3 Å². The maximum atomic E-state index is 13.5. The number of methoxy groups -OCH3 is 2. The first-order valence-electron chi connectivity index (χ1n) is 12.3. The molecule has 2 heterocycles. The Morgan fingerprint density at radius 3 is 2.37 bits per heavy atom. The van der Waals surface area contributed by atoms with Crippen molar-refractivity contribution in [1.29, 1.82) is 0 Å². The van der Waals surface area contributed by atoms with Crippen LogP contribution < -0.4 is 9.47 Å². The molecule has 2 unspecified atom stereocenters. The number of ether oxygens (including phenoxy) is 3. The van der Waals surface area contributed by atoms with Gasteiger partial charge in [0.25, 0.3) is 0 Å². The zero-order valence-corrected chi connectivity index (χ0v) is 20.5. The van der Waals surface area contributed by atoms with Crippen LogP contribution in [0.5, 0.6) is 11.5 Å². The van der Waals surface area contributed by atoms with Crippen molar-refractivity contribution in [3.63, 3.8) is 0 Å². The smallest absolute Gasteiger partial charge is 0.247 e. The lowest BCUT2D eigenvalue weighted by atomic mass is 9.76. The van der Waals surface area contributed by atoms with Gasteiger partial charge in [0, 0.05) is 31.1 Å². The molecule has 5 rings (SSSR count). The van der Waals surface area contributed by atoms with Crippen LogP contribution in [0.4, 0.5) is 0 Å². The molecule has 0 aromatic heterocycles. The first-order valence-corrected chi connectivity index (χ1v) is 12.3. The minimum Gasteiger partial charge on any atom is -0.493 e. The summed E-state index contributed by atoms with van der Waals surface area (Å²) in [6, 6.07) is 14.4. The normalized spacial score (nSPS) is 22.5. The fourth-order valence-electron chi connectivity index (χ4n) is 5.23. The summed E-state index contributed by atoms with van der Waals surface area (Å²) in [5.74, 6) is 1.40. The summed E-state index contributed by atoms with van der Waals surface area (Å²) in [6.45, 7) is 4.81. The van der Waals surface area contributed by atoms with Gasteiger partial charge in [0.1, 0.15) is 0 Å². The van der Waals surface area contributed by atoms with Crippen molar-refractivity contribution in [1.82, 2.24) is 9.91 Å². The van der Waals surface area contributed by atoms with E-state index in [9.17, 15) is 4.79 Å². The highest BCUT2D eigenvalue weighted by atomic mass is 16.5. The van der Waals surface area contributed by atoms with Crippen molar-refractivity contribution < 1.29 is 19.0 Å². The summed E-state index contributed by atoms with van der Waals surface area (Å²) in [7, 11) is 3.27. The molecule has 1 fully saturated rings. The molecule has 1 aliphatic carbocycles. The third kappa shape index (κ3) is 5.11. The van der Waals surface area contributed by atoms with Gasteiger partial charge in [0.05, 0.1) is 45.6 Å². The van der Waals surface area contributed by atoms with E-state index < -0.39 is 0 Å². The maximum Gasteiger partial charge on any atom is 0.247 e. The Hall–Kier alpha value is -3.16. The lowest BCUT2D eigenvalue weighted by Crippen LogP contribution is -2.45. The van der Waals surface area contributed by atoms with E-state index in [0.29, 0.717) is 18.0 Å². The number of rotatable bonds is 7. The Balaban J connectivity index is 1.42. The zero-order chi connectivity index (χ0) is 24.2. The number of nitrogens with zero attached hydrogens (tertiary/aromatic N) is 3. The van der Waals surface area contributed by atoms with Crippen molar-refractivity contribution in [2.24, 2.45) is 16.9 Å². The molecular formula is C28H33N3O4. The number of hydrogen-bond donors (Lipinski definition) is 0. The summed E-state index contributed by atoms with van der Waals surface area (Å²) >= 11 is 0. The fourth-order valence-corrected chi connectivity index (χ4v) is 5.23. The van der Waals surface area contributed by atoms with Gasteiger partial charge in [0.15, 0.2) is 11.5 Å².